The molecule has 0 spiro atoms. The minimum atomic E-state index is -0.0490. The molecule has 1 aliphatic rings. The number of anilines is 3. The minimum absolute atomic E-state index is 0.0490. The van der Waals surface area contributed by atoms with Gasteiger partial charge in [-0.2, -0.15) is 0 Å². The highest BCUT2D eigenvalue weighted by atomic mass is 32.2. The van der Waals surface area contributed by atoms with Crippen molar-refractivity contribution in [2.75, 3.05) is 54.2 Å². The highest BCUT2D eigenvalue weighted by Gasteiger charge is 2.19. The van der Waals surface area contributed by atoms with E-state index in [1.807, 2.05) is 49.4 Å². The second kappa shape index (κ2) is 10.4. The van der Waals surface area contributed by atoms with E-state index in [0.29, 0.717) is 5.75 Å². The lowest BCUT2D eigenvalue weighted by molar-refractivity contribution is -0.113. The van der Waals surface area contributed by atoms with Crippen molar-refractivity contribution in [2.45, 2.75) is 11.9 Å². The van der Waals surface area contributed by atoms with Gasteiger partial charge in [0.2, 0.25) is 5.91 Å². The Hall–Kier alpha value is -3.26. The predicted molar refractivity (Wildman–Crippen MR) is 130 cm³/mol. The van der Waals surface area contributed by atoms with Gasteiger partial charge in [0.15, 0.2) is 0 Å². The molecule has 166 valence electrons. The highest BCUT2D eigenvalue weighted by Crippen LogP contribution is 2.24. The third-order valence-electron chi connectivity index (χ3n) is 5.36. The molecular formula is C24H27N5O2S. The van der Waals surface area contributed by atoms with Gasteiger partial charge in [-0.1, -0.05) is 29.5 Å². The Labute approximate surface area is 192 Å². The summed E-state index contributed by atoms with van der Waals surface area (Å²) in [6.45, 7) is 5.60. The number of methoxy groups -OCH3 is 1. The van der Waals surface area contributed by atoms with Crippen LogP contribution in [0.3, 0.4) is 0 Å². The van der Waals surface area contributed by atoms with Crippen LogP contribution in [0.5, 0.6) is 5.75 Å². The minimum Gasteiger partial charge on any atom is -0.497 e. The number of rotatable bonds is 7. The van der Waals surface area contributed by atoms with Crippen molar-refractivity contribution in [2.24, 2.45) is 0 Å². The van der Waals surface area contributed by atoms with Crippen molar-refractivity contribution < 1.29 is 9.53 Å². The molecular weight excluding hydrogens is 422 g/mol. The van der Waals surface area contributed by atoms with E-state index in [1.165, 1.54) is 17.4 Å². The Kier molecular flexibility index (Phi) is 7.11. The summed E-state index contributed by atoms with van der Waals surface area (Å²) in [6, 6.07) is 17.9. The first-order valence-corrected chi connectivity index (χ1v) is 11.5. The molecule has 2 aromatic carbocycles. The number of hydrogen-bond donors (Lipinski definition) is 1. The largest absolute Gasteiger partial charge is 0.497 e. The molecule has 1 N–H and O–H groups in total. The van der Waals surface area contributed by atoms with Crippen molar-refractivity contribution in [3.8, 4) is 5.75 Å². The van der Waals surface area contributed by atoms with Gasteiger partial charge in [-0.3, -0.25) is 4.79 Å². The van der Waals surface area contributed by atoms with Crippen molar-refractivity contribution in [3.05, 3.63) is 66.5 Å². The Morgan fingerprint density at radius 2 is 1.69 bits per heavy atom. The predicted octanol–water partition coefficient (Wildman–Crippen LogP) is 3.85. The Balaban J connectivity index is 1.29. The van der Waals surface area contributed by atoms with E-state index < -0.39 is 0 Å². The van der Waals surface area contributed by atoms with Gasteiger partial charge in [0.05, 0.1) is 12.9 Å². The van der Waals surface area contributed by atoms with E-state index >= 15 is 0 Å². The number of amides is 1. The maximum absolute atomic E-state index is 12.3. The lowest BCUT2D eigenvalue weighted by Gasteiger charge is -2.36. The topological polar surface area (TPSA) is 70.6 Å². The van der Waals surface area contributed by atoms with Gasteiger partial charge in [0.1, 0.15) is 22.9 Å². The molecule has 4 rings (SSSR count). The van der Waals surface area contributed by atoms with E-state index in [1.54, 1.807) is 13.4 Å². The van der Waals surface area contributed by atoms with Crippen LogP contribution in [0, 0.1) is 6.92 Å². The molecule has 2 heterocycles. The van der Waals surface area contributed by atoms with Gasteiger partial charge in [-0.05, 0) is 43.3 Å². The fraction of sp³-hybridized carbons (Fsp3) is 0.292. The lowest BCUT2D eigenvalue weighted by Crippen LogP contribution is -2.46. The summed E-state index contributed by atoms with van der Waals surface area (Å²) in [5.74, 6) is 2.02. The van der Waals surface area contributed by atoms with Crippen LogP contribution < -0.4 is 19.9 Å². The molecule has 1 fully saturated rings. The summed E-state index contributed by atoms with van der Waals surface area (Å²) in [5, 5.41) is 3.72. The van der Waals surface area contributed by atoms with Gasteiger partial charge >= 0.3 is 0 Å². The molecule has 0 atom stereocenters. The Bertz CT molecular complexity index is 1040. The maximum atomic E-state index is 12.3. The zero-order chi connectivity index (χ0) is 22.3. The van der Waals surface area contributed by atoms with Gasteiger partial charge in [0, 0.05) is 43.6 Å². The van der Waals surface area contributed by atoms with Crippen LogP contribution in [-0.4, -0.2) is 54.9 Å². The number of ether oxygens (including phenoxy) is 1. The number of carbonyl (C=O) groups is 1. The first-order chi connectivity index (χ1) is 15.6. The van der Waals surface area contributed by atoms with E-state index in [9.17, 15) is 4.79 Å². The summed E-state index contributed by atoms with van der Waals surface area (Å²) < 4.78 is 5.24. The van der Waals surface area contributed by atoms with E-state index in [2.05, 4.69) is 37.2 Å². The smallest absolute Gasteiger partial charge is 0.234 e. The SMILES string of the molecule is COc1ccc(N2CCN(c3cc(SCC(=O)Nc4ccc(C)cc4)ncn3)CC2)cc1. The number of thioether (sulfide) groups is 1. The number of nitrogens with zero attached hydrogens (tertiary/aromatic N) is 4. The van der Waals surface area contributed by atoms with Crippen LogP contribution in [0.1, 0.15) is 5.56 Å². The molecule has 1 amide bonds. The summed E-state index contributed by atoms with van der Waals surface area (Å²) in [7, 11) is 1.68. The number of piperazine rings is 1. The van der Waals surface area contributed by atoms with Crippen LogP contribution in [-0.2, 0) is 4.79 Å². The summed E-state index contributed by atoms with van der Waals surface area (Å²) >= 11 is 1.42. The lowest BCUT2D eigenvalue weighted by atomic mass is 10.2. The quantitative estimate of drug-likeness (QED) is 0.434. The van der Waals surface area contributed by atoms with Crippen LogP contribution in [0.15, 0.2) is 66.0 Å². The van der Waals surface area contributed by atoms with Crippen molar-refractivity contribution in [3.63, 3.8) is 0 Å². The molecule has 3 aromatic rings. The second-order valence-corrected chi connectivity index (χ2v) is 8.59. The van der Waals surface area contributed by atoms with Crippen molar-refractivity contribution >= 4 is 34.9 Å². The molecule has 0 unspecified atom stereocenters. The summed E-state index contributed by atoms with van der Waals surface area (Å²) in [6.07, 6.45) is 1.57. The first kappa shape index (κ1) is 22.0. The normalized spacial score (nSPS) is 13.7. The van der Waals surface area contributed by atoms with Gasteiger partial charge < -0.3 is 19.9 Å². The number of hydrogen-bond acceptors (Lipinski definition) is 7. The van der Waals surface area contributed by atoms with Crippen LogP contribution in [0.25, 0.3) is 0 Å². The molecule has 8 heteroatoms. The number of aryl methyl sites for hydroxylation is 1. The van der Waals surface area contributed by atoms with Crippen LogP contribution in [0.4, 0.5) is 17.2 Å². The standard InChI is InChI=1S/C24H27N5O2S/c1-18-3-5-19(6-4-18)27-23(30)16-32-24-15-22(25-17-26-24)29-13-11-28(12-14-29)20-7-9-21(31-2)10-8-20/h3-10,15,17H,11-14,16H2,1-2H3,(H,27,30). The van der Waals surface area contributed by atoms with E-state index in [4.69, 9.17) is 4.74 Å². The Morgan fingerprint density at radius 3 is 2.38 bits per heavy atom. The summed E-state index contributed by atoms with van der Waals surface area (Å²) in [4.78, 5) is 25.7. The third-order valence-corrected chi connectivity index (χ3v) is 6.28. The zero-order valence-electron chi connectivity index (χ0n) is 18.3. The van der Waals surface area contributed by atoms with Crippen molar-refractivity contribution in [1.29, 1.82) is 0 Å². The molecule has 0 radical (unpaired) electrons. The van der Waals surface area contributed by atoms with Gasteiger partial charge in [-0.25, -0.2) is 9.97 Å². The molecule has 0 bridgehead atoms. The number of benzene rings is 2. The fourth-order valence-corrected chi connectivity index (χ4v) is 4.20. The molecule has 0 saturated carbocycles. The van der Waals surface area contributed by atoms with E-state index in [-0.39, 0.29) is 5.91 Å². The number of carbonyl (C=O) groups excluding carboxylic acids is 1. The zero-order valence-corrected chi connectivity index (χ0v) is 19.1. The summed E-state index contributed by atoms with van der Waals surface area (Å²) in [5.41, 5.74) is 3.17. The second-order valence-electron chi connectivity index (χ2n) is 7.59. The van der Waals surface area contributed by atoms with Crippen molar-refractivity contribution in [1.82, 2.24) is 9.97 Å². The molecule has 1 aliphatic heterocycles. The molecule has 32 heavy (non-hydrogen) atoms. The Morgan fingerprint density at radius 1 is 1.00 bits per heavy atom. The van der Waals surface area contributed by atoms with Crippen LogP contribution in [0.2, 0.25) is 0 Å². The fourth-order valence-electron chi connectivity index (χ4n) is 3.54. The van der Waals surface area contributed by atoms with Crippen LogP contribution >= 0.6 is 11.8 Å². The molecule has 7 nitrogen and oxygen atoms in total. The number of aromatic nitrogens is 2. The monoisotopic (exact) mass is 449 g/mol. The van der Waals surface area contributed by atoms with Gasteiger partial charge in [0.25, 0.3) is 0 Å². The molecule has 1 saturated heterocycles. The number of nitrogens with one attached hydrogen (secondary N) is 1. The average molecular weight is 450 g/mol. The first-order valence-electron chi connectivity index (χ1n) is 10.6. The van der Waals surface area contributed by atoms with Gasteiger partial charge in [-0.15, -0.1) is 0 Å². The maximum Gasteiger partial charge on any atom is 0.234 e. The molecule has 0 aliphatic carbocycles. The molecule has 1 aromatic heterocycles. The highest BCUT2D eigenvalue weighted by molar-refractivity contribution is 7.99. The third kappa shape index (κ3) is 5.70. The average Bonchev–Trinajstić information content (AvgIpc) is 2.84. The van der Waals surface area contributed by atoms with E-state index in [0.717, 1.165) is 54.0 Å².